The van der Waals surface area contributed by atoms with Gasteiger partial charge in [-0.05, 0) is 110 Å². The minimum atomic E-state index is -2.78. The van der Waals surface area contributed by atoms with Gasteiger partial charge in [-0.15, -0.1) is 22.7 Å². The summed E-state index contributed by atoms with van der Waals surface area (Å²) in [5.41, 5.74) is 12.0. The van der Waals surface area contributed by atoms with E-state index < -0.39 is 8.07 Å². The molecule has 0 aliphatic heterocycles. The Hall–Kier alpha value is -9.10. The Labute approximate surface area is 454 Å². The molecule has 0 saturated heterocycles. The van der Waals surface area contributed by atoms with Crippen molar-refractivity contribution in [2.24, 2.45) is 0 Å². The summed E-state index contributed by atoms with van der Waals surface area (Å²) in [5, 5.41) is 15.8. The van der Waals surface area contributed by atoms with Gasteiger partial charge in [0, 0.05) is 73.3 Å². The van der Waals surface area contributed by atoms with Crippen LogP contribution in [0.4, 0.5) is 0 Å². The average molecular weight is 1030 g/mol. The fraction of sp³-hybridized carbons (Fsp3) is 0. The van der Waals surface area contributed by atoms with Crippen LogP contribution >= 0.6 is 22.7 Å². The minimum Gasteiger partial charge on any atom is -0.309 e. The van der Waals surface area contributed by atoms with Gasteiger partial charge in [-0.3, -0.25) is 0 Å². The van der Waals surface area contributed by atoms with Crippen LogP contribution < -0.4 is 20.7 Å². The van der Waals surface area contributed by atoms with Crippen LogP contribution in [0.5, 0.6) is 0 Å². The molecular weight excluding hydrogens is 985 g/mol. The molecule has 0 atom stereocenters. The lowest BCUT2D eigenvalue weighted by Gasteiger charge is -2.34. The first-order valence-corrected chi connectivity index (χ1v) is 30.0. The molecule has 0 amide bonds. The van der Waals surface area contributed by atoms with Gasteiger partial charge in [-0.25, -0.2) is 0 Å². The van der Waals surface area contributed by atoms with Crippen LogP contribution in [0.15, 0.2) is 279 Å². The van der Waals surface area contributed by atoms with E-state index in [1.54, 1.807) is 0 Å². The fourth-order valence-corrected chi connectivity index (χ4v) is 20.2. The van der Waals surface area contributed by atoms with Crippen LogP contribution in [0.1, 0.15) is 0 Å². The summed E-state index contributed by atoms with van der Waals surface area (Å²) in [6, 6.07) is 105. The zero-order valence-corrected chi connectivity index (χ0v) is 44.4. The smallest absolute Gasteiger partial charge is 0.179 e. The van der Waals surface area contributed by atoms with Crippen molar-refractivity contribution in [2.45, 2.75) is 0 Å². The van der Waals surface area contributed by atoms with Crippen LogP contribution in [0.25, 0.3) is 118 Å². The van der Waals surface area contributed by atoms with Gasteiger partial charge in [0.15, 0.2) is 8.07 Å². The zero-order valence-electron chi connectivity index (χ0n) is 41.8. The molecule has 360 valence electrons. The maximum atomic E-state index is 2.56. The summed E-state index contributed by atoms with van der Waals surface area (Å²) in [4.78, 5) is 0. The van der Waals surface area contributed by atoms with Crippen molar-refractivity contribution >= 4 is 135 Å². The molecule has 16 aromatic rings. The SMILES string of the molecule is c1ccc([Si](c2ccccc2)(c2ccccc2)c2ccc3sc4cccc(-c5cccc6c5c5ccccc5n6-c5cccc(-n6c7ccccc7c7c(-c8cccc9sc%10ccccc%10c89)cccc76)c5)c4c3c2)cc1. The normalized spacial score (nSPS) is 12.2. The lowest BCUT2D eigenvalue weighted by atomic mass is 9.95. The molecule has 16 rings (SSSR count). The highest BCUT2D eigenvalue weighted by atomic mass is 32.1. The molecule has 4 heterocycles. The molecule has 5 heteroatoms. The third-order valence-electron chi connectivity index (χ3n) is 16.3. The van der Waals surface area contributed by atoms with E-state index in [4.69, 9.17) is 0 Å². The van der Waals surface area contributed by atoms with Crippen molar-refractivity contribution < 1.29 is 0 Å². The van der Waals surface area contributed by atoms with E-state index >= 15 is 0 Å². The Morgan fingerprint density at radius 2 is 0.610 bits per heavy atom. The molecule has 0 bridgehead atoms. The molecule has 0 N–H and O–H groups in total. The molecule has 2 nitrogen and oxygen atoms in total. The van der Waals surface area contributed by atoms with Gasteiger partial charge < -0.3 is 9.13 Å². The highest BCUT2D eigenvalue weighted by Crippen LogP contribution is 2.47. The molecule has 0 spiro atoms. The minimum absolute atomic E-state index is 1.12. The Kier molecular flexibility index (Phi) is 10.0. The van der Waals surface area contributed by atoms with Gasteiger partial charge in [0.2, 0.25) is 0 Å². The monoisotopic (exact) mass is 1030 g/mol. The number of hydrogen-bond donors (Lipinski definition) is 0. The second kappa shape index (κ2) is 17.5. The fourth-order valence-electron chi connectivity index (χ4n) is 13.2. The van der Waals surface area contributed by atoms with Crippen LogP contribution in [0.3, 0.4) is 0 Å². The summed E-state index contributed by atoms with van der Waals surface area (Å²) in [6.45, 7) is 0. The van der Waals surface area contributed by atoms with Gasteiger partial charge >= 0.3 is 0 Å². The van der Waals surface area contributed by atoms with E-state index in [0.717, 1.165) is 11.4 Å². The zero-order chi connectivity index (χ0) is 50.6. The number of rotatable bonds is 8. The molecule has 12 aromatic carbocycles. The number of fused-ring (bicyclic) bond motifs is 12. The van der Waals surface area contributed by atoms with E-state index in [9.17, 15) is 0 Å². The Morgan fingerprint density at radius 3 is 1.13 bits per heavy atom. The average Bonchev–Trinajstić information content (AvgIpc) is 4.45. The quantitative estimate of drug-likeness (QED) is 0.106. The molecule has 0 aliphatic carbocycles. The highest BCUT2D eigenvalue weighted by molar-refractivity contribution is 7.26. The van der Waals surface area contributed by atoms with Crippen molar-refractivity contribution in [1.82, 2.24) is 9.13 Å². The predicted molar refractivity (Wildman–Crippen MR) is 335 cm³/mol. The van der Waals surface area contributed by atoms with Gasteiger partial charge in [-0.1, -0.05) is 212 Å². The van der Waals surface area contributed by atoms with Gasteiger partial charge in [-0.2, -0.15) is 0 Å². The molecule has 0 fully saturated rings. The molecule has 4 aromatic heterocycles. The van der Waals surface area contributed by atoms with Gasteiger partial charge in [0.05, 0.1) is 22.1 Å². The molecule has 0 unspecified atom stereocenters. The third kappa shape index (κ3) is 6.58. The summed E-state index contributed by atoms with van der Waals surface area (Å²) in [5.74, 6) is 0. The number of thiophene rings is 2. The Balaban J connectivity index is 0.894. The van der Waals surface area contributed by atoms with E-state index in [2.05, 4.69) is 288 Å². The first-order valence-electron chi connectivity index (χ1n) is 26.4. The first-order chi connectivity index (χ1) is 38.2. The molecule has 0 radical (unpaired) electrons. The topological polar surface area (TPSA) is 9.86 Å². The maximum Gasteiger partial charge on any atom is 0.179 e. The largest absolute Gasteiger partial charge is 0.309 e. The number of para-hydroxylation sites is 2. The lowest BCUT2D eigenvalue weighted by molar-refractivity contribution is 1.13. The van der Waals surface area contributed by atoms with E-state index in [1.807, 2.05) is 22.7 Å². The number of hydrogen-bond acceptors (Lipinski definition) is 2. The van der Waals surface area contributed by atoms with Crippen LogP contribution in [-0.4, -0.2) is 17.2 Å². The first kappa shape index (κ1) is 44.2. The van der Waals surface area contributed by atoms with Crippen LogP contribution in [0.2, 0.25) is 0 Å². The standard InChI is InChI=1S/C72H46N2S2Si/c1-4-23-49(24-5-1)77(50-25-6-2-7-26-50,51-27-8-3-9-28-51)52-43-44-66-60(46-52)72-56(35-20-42-68(72)76-66)54-33-18-39-64-70(54)58-30-11-14-37-62(58)74(64)48-22-16-21-47(45-48)73-61-36-13-10-29-57(61)69-53(32-17-38-63(69)73)55-34-19-41-67-71(55)59-31-12-15-40-65(59)75-67/h1-46H. The van der Waals surface area contributed by atoms with Crippen LogP contribution in [0, 0.1) is 0 Å². The van der Waals surface area contributed by atoms with Gasteiger partial charge in [0.1, 0.15) is 0 Å². The van der Waals surface area contributed by atoms with Crippen molar-refractivity contribution in [2.75, 3.05) is 0 Å². The highest BCUT2D eigenvalue weighted by Gasteiger charge is 2.41. The molecule has 0 saturated carbocycles. The van der Waals surface area contributed by atoms with Gasteiger partial charge in [0.25, 0.3) is 0 Å². The van der Waals surface area contributed by atoms with Crippen molar-refractivity contribution in [1.29, 1.82) is 0 Å². The van der Waals surface area contributed by atoms with Crippen molar-refractivity contribution in [3.05, 3.63) is 279 Å². The van der Waals surface area contributed by atoms with E-state index in [0.29, 0.717) is 0 Å². The number of nitrogens with zero attached hydrogens (tertiary/aromatic N) is 2. The summed E-state index contributed by atoms with van der Waals surface area (Å²) >= 11 is 3.78. The van der Waals surface area contributed by atoms with Crippen LogP contribution in [-0.2, 0) is 0 Å². The number of aromatic nitrogens is 2. The Morgan fingerprint density at radius 1 is 0.234 bits per heavy atom. The maximum absolute atomic E-state index is 2.78. The second-order valence-electron chi connectivity index (χ2n) is 20.2. The lowest BCUT2D eigenvalue weighted by Crippen LogP contribution is -2.74. The molecular formula is C72H46N2S2Si. The predicted octanol–water partition coefficient (Wildman–Crippen LogP) is 17.3. The van der Waals surface area contributed by atoms with E-state index in [1.165, 1.54) is 127 Å². The van der Waals surface area contributed by atoms with Crippen molar-refractivity contribution in [3.8, 4) is 33.6 Å². The molecule has 0 aliphatic rings. The Bertz CT molecular complexity index is 4890. The summed E-state index contributed by atoms with van der Waals surface area (Å²) < 4.78 is 10.2. The summed E-state index contributed by atoms with van der Waals surface area (Å²) in [7, 11) is -2.78. The third-order valence-corrected chi connectivity index (χ3v) is 23.3. The molecule has 77 heavy (non-hydrogen) atoms. The number of benzene rings is 12. The van der Waals surface area contributed by atoms with E-state index in [-0.39, 0.29) is 0 Å². The summed E-state index contributed by atoms with van der Waals surface area (Å²) in [6.07, 6.45) is 0. The second-order valence-corrected chi connectivity index (χ2v) is 26.2. The van der Waals surface area contributed by atoms with Crippen molar-refractivity contribution in [3.63, 3.8) is 0 Å².